The zero-order valence-electron chi connectivity index (χ0n) is 12.8. The number of nitrogens with one attached hydrogen (secondary N) is 1. The van der Waals surface area contributed by atoms with Crippen LogP contribution >= 0.6 is 11.6 Å². The lowest BCUT2D eigenvalue weighted by atomic mass is 10.2. The maximum atomic E-state index is 12.3. The van der Waals surface area contributed by atoms with Crippen molar-refractivity contribution in [3.05, 3.63) is 40.3 Å². The third-order valence-corrected chi connectivity index (χ3v) is 3.63. The van der Waals surface area contributed by atoms with Gasteiger partial charge in [0.15, 0.2) is 5.82 Å². The number of carbonyl (C=O) groups is 1. The molecule has 6 nitrogen and oxygen atoms in total. The maximum Gasteiger partial charge on any atom is 0.271 e. The molecule has 7 heteroatoms. The Bertz CT molecular complexity index is 680. The molecule has 1 unspecified atom stereocenters. The first-order valence-electron chi connectivity index (χ1n) is 7.08. The fourth-order valence-corrected chi connectivity index (χ4v) is 2.29. The Kier molecular flexibility index (Phi) is 5.15. The molecule has 0 radical (unpaired) electrons. The predicted molar refractivity (Wildman–Crippen MR) is 84.5 cm³/mol. The van der Waals surface area contributed by atoms with Gasteiger partial charge in [0.05, 0.1) is 23.4 Å². The van der Waals surface area contributed by atoms with Gasteiger partial charge in [0, 0.05) is 5.69 Å². The van der Waals surface area contributed by atoms with E-state index >= 15 is 0 Å². The molecule has 0 saturated carbocycles. The summed E-state index contributed by atoms with van der Waals surface area (Å²) in [5.41, 5.74) is 1.91. The third-order valence-electron chi connectivity index (χ3n) is 3.32. The van der Waals surface area contributed by atoms with Gasteiger partial charge in [0.25, 0.3) is 5.91 Å². The molecule has 2 aromatic rings. The number of aromatic nitrogens is 3. The van der Waals surface area contributed by atoms with Crippen molar-refractivity contribution in [3.8, 4) is 5.82 Å². The van der Waals surface area contributed by atoms with Gasteiger partial charge in [-0.2, -0.15) is 5.10 Å². The molecule has 1 amide bonds. The summed E-state index contributed by atoms with van der Waals surface area (Å²) >= 11 is 6.08. The number of aliphatic hydroxyl groups excluding tert-OH is 1. The number of aliphatic hydroxyl groups is 1. The van der Waals surface area contributed by atoms with Gasteiger partial charge in [-0.3, -0.25) is 4.79 Å². The highest BCUT2D eigenvalue weighted by atomic mass is 35.5. The average Bonchev–Trinajstić information content (AvgIpc) is 2.83. The van der Waals surface area contributed by atoms with Crippen molar-refractivity contribution in [2.45, 2.75) is 33.2 Å². The largest absolute Gasteiger partial charge is 0.394 e. The van der Waals surface area contributed by atoms with E-state index in [9.17, 15) is 9.90 Å². The number of rotatable bonds is 5. The first-order chi connectivity index (χ1) is 10.5. The molecule has 0 fully saturated rings. The Hall–Kier alpha value is -1.92. The van der Waals surface area contributed by atoms with Crippen molar-refractivity contribution < 1.29 is 9.90 Å². The summed E-state index contributed by atoms with van der Waals surface area (Å²) in [7, 11) is 0. The summed E-state index contributed by atoms with van der Waals surface area (Å²) in [6.07, 6.45) is 0.622. The van der Waals surface area contributed by atoms with Crippen LogP contribution in [0.3, 0.4) is 0 Å². The van der Waals surface area contributed by atoms with E-state index in [-0.39, 0.29) is 23.4 Å². The van der Waals surface area contributed by atoms with Crippen LogP contribution in [0.5, 0.6) is 0 Å². The fourth-order valence-electron chi connectivity index (χ4n) is 2.10. The van der Waals surface area contributed by atoms with E-state index in [4.69, 9.17) is 11.6 Å². The van der Waals surface area contributed by atoms with Gasteiger partial charge in [-0.15, -0.1) is 0 Å². The molecule has 0 aliphatic rings. The molecule has 0 bridgehead atoms. The highest BCUT2D eigenvalue weighted by molar-refractivity contribution is 6.33. The van der Waals surface area contributed by atoms with Crippen LogP contribution < -0.4 is 5.32 Å². The molecule has 0 aliphatic carbocycles. The topological polar surface area (TPSA) is 80.0 Å². The van der Waals surface area contributed by atoms with Gasteiger partial charge < -0.3 is 10.4 Å². The van der Waals surface area contributed by atoms with Gasteiger partial charge in [0.2, 0.25) is 0 Å². The Labute approximate surface area is 134 Å². The predicted octanol–water partition coefficient (Wildman–Crippen LogP) is 2.04. The minimum atomic E-state index is -0.408. The Morgan fingerprint density at radius 2 is 2.18 bits per heavy atom. The summed E-state index contributed by atoms with van der Waals surface area (Å²) in [6.45, 7) is 5.55. The van der Waals surface area contributed by atoms with Gasteiger partial charge in [-0.25, -0.2) is 9.67 Å². The number of halogens is 1. The smallest absolute Gasteiger partial charge is 0.271 e. The normalized spacial score (nSPS) is 12.2. The van der Waals surface area contributed by atoms with Crippen molar-refractivity contribution in [1.82, 2.24) is 20.1 Å². The SMILES string of the molecule is CCC(CO)NC(=O)c1nc(-n2nc(C)cc2C)ccc1Cl. The van der Waals surface area contributed by atoms with Crippen LogP contribution in [-0.4, -0.2) is 38.4 Å². The van der Waals surface area contributed by atoms with Crippen molar-refractivity contribution in [1.29, 1.82) is 0 Å². The van der Waals surface area contributed by atoms with E-state index in [2.05, 4.69) is 15.4 Å². The van der Waals surface area contributed by atoms with Crippen LogP contribution in [0.25, 0.3) is 5.82 Å². The van der Waals surface area contributed by atoms with Gasteiger partial charge in [0.1, 0.15) is 5.69 Å². The molecule has 118 valence electrons. The molecular formula is C15H19ClN4O2. The minimum absolute atomic E-state index is 0.124. The van der Waals surface area contributed by atoms with E-state index < -0.39 is 5.91 Å². The Morgan fingerprint density at radius 3 is 2.73 bits per heavy atom. The lowest BCUT2D eigenvalue weighted by Gasteiger charge is -2.14. The number of amides is 1. The van der Waals surface area contributed by atoms with Crippen LogP contribution in [0, 0.1) is 13.8 Å². The van der Waals surface area contributed by atoms with E-state index in [0.29, 0.717) is 12.2 Å². The van der Waals surface area contributed by atoms with Gasteiger partial charge in [-0.1, -0.05) is 18.5 Å². The van der Waals surface area contributed by atoms with Crippen LogP contribution in [0.15, 0.2) is 18.2 Å². The van der Waals surface area contributed by atoms with Crippen LogP contribution in [0.2, 0.25) is 5.02 Å². The first kappa shape index (κ1) is 16.5. The van der Waals surface area contributed by atoms with E-state index in [1.807, 2.05) is 26.8 Å². The van der Waals surface area contributed by atoms with Crippen molar-refractivity contribution in [2.75, 3.05) is 6.61 Å². The molecule has 0 aliphatic heterocycles. The van der Waals surface area contributed by atoms with Crippen molar-refractivity contribution in [3.63, 3.8) is 0 Å². The summed E-state index contributed by atoms with van der Waals surface area (Å²) in [5.74, 6) is 0.117. The van der Waals surface area contributed by atoms with Gasteiger partial charge >= 0.3 is 0 Å². The molecule has 22 heavy (non-hydrogen) atoms. The number of pyridine rings is 1. The lowest BCUT2D eigenvalue weighted by Crippen LogP contribution is -2.37. The minimum Gasteiger partial charge on any atom is -0.394 e. The second-order valence-electron chi connectivity index (χ2n) is 5.10. The molecular weight excluding hydrogens is 304 g/mol. The monoisotopic (exact) mass is 322 g/mol. The Morgan fingerprint density at radius 1 is 1.45 bits per heavy atom. The second kappa shape index (κ2) is 6.89. The lowest BCUT2D eigenvalue weighted by molar-refractivity contribution is 0.0910. The van der Waals surface area contributed by atoms with E-state index in [1.165, 1.54) is 0 Å². The maximum absolute atomic E-state index is 12.3. The van der Waals surface area contributed by atoms with Crippen molar-refractivity contribution in [2.24, 2.45) is 0 Å². The van der Waals surface area contributed by atoms with Gasteiger partial charge in [-0.05, 0) is 38.5 Å². The summed E-state index contributed by atoms with van der Waals surface area (Å²) in [6, 6.07) is 4.94. The number of aryl methyl sites for hydroxylation is 2. The number of nitrogens with zero attached hydrogens (tertiary/aromatic N) is 3. The summed E-state index contributed by atoms with van der Waals surface area (Å²) in [4.78, 5) is 16.6. The highest BCUT2D eigenvalue weighted by Gasteiger charge is 2.17. The summed E-state index contributed by atoms with van der Waals surface area (Å²) in [5, 5.41) is 16.5. The molecule has 2 aromatic heterocycles. The molecule has 2 heterocycles. The third kappa shape index (κ3) is 3.45. The fraction of sp³-hybridized carbons (Fsp3) is 0.400. The molecule has 2 rings (SSSR count). The number of hydrogen-bond donors (Lipinski definition) is 2. The zero-order chi connectivity index (χ0) is 16.3. The van der Waals surface area contributed by atoms with Crippen LogP contribution in [-0.2, 0) is 0 Å². The van der Waals surface area contributed by atoms with E-state index in [1.54, 1.807) is 16.8 Å². The standard InChI is InChI=1S/C15H19ClN4O2/c1-4-11(8-21)17-15(22)14-12(16)5-6-13(18-14)20-10(3)7-9(2)19-20/h5-7,11,21H,4,8H2,1-3H3,(H,17,22). The second-order valence-corrected chi connectivity index (χ2v) is 5.51. The van der Waals surface area contributed by atoms with Crippen molar-refractivity contribution >= 4 is 17.5 Å². The van der Waals surface area contributed by atoms with Crippen LogP contribution in [0.1, 0.15) is 35.2 Å². The molecule has 0 aromatic carbocycles. The molecule has 0 saturated heterocycles. The highest BCUT2D eigenvalue weighted by Crippen LogP contribution is 2.18. The number of hydrogen-bond acceptors (Lipinski definition) is 4. The van der Waals surface area contributed by atoms with E-state index in [0.717, 1.165) is 11.4 Å². The quantitative estimate of drug-likeness (QED) is 0.882. The average molecular weight is 323 g/mol. The molecule has 0 spiro atoms. The first-order valence-corrected chi connectivity index (χ1v) is 7.46. The molecule has 1 atom stereocenters. The van der Waals surface area contributed by atoms with Crippen LogP contribution in [0.4, 0.5) is 0 Å². The zero-order valence-corrected chi connectivity index (χ0v) is 13.6. The molecule has 2 N–H and O–H groups in total. The summed E-state index contributed by atoms with van der Waals surface area (Å²) < 4.78 is 1.66. The number of carbonyl (C=O) groups excluding carboxylic acids is 1. The Balaban J connectivity index is 2.35.